The maximum Gasteiger partial charge on any atom is 0.348 e. The van der Waals surface area contributed by atoms with Crippen LogP contribution in [0.5, 0.6) is 5.75 Å². The zero-order valence-corrected chi connectivity index (χ0v) is 19.1. The Labute approximate surface area is 192 Å². The highest BCUT2D eigenvalue weighted by molar-refractivity contribution is 7.18. The van der Waals surface area contributed by atoms with Gasteiger partial charge in [-0.15, -0.1) is 11.3 Å². The van der Waals surface area contributed by atoms with Crippen LogP contribution in [0, 0.1) is 6.92 Å². The molecule has 10 nitrogen and oxygen atoms in total. The lowest BCUT2D eigenvalue weighted by Gasteiger charge is -2.07. The number of fused-ring (bicyclic) bond motifs is 1. The molecular formula is C22H21NO9S. The predicted molar refractivity (Wildman–Crippen MR) is 118 cm³/mol. The fraction of sp³-hybridized carbons (Fsp3) is 0.273. The molecule has 1 aromatic carbocycles. The predicted octanol–water partition coefficient (Wildman–Crippen LogP) is 3.11. The van der Waals surface area contributed by atoms with Crippen LogP contribution in [0.2, 0.25) is 0 Å². The van der Waals surface area contributed by atoms with Crippen molar-refractivity contribution >= 4 is 51.1 Å². The number of carbonyl (C=O) groups is 4. The molecule has 0 aliphatic heterocycles. The van der Waals surface area contributed by atoms with E-state index in [9.17, 15) is 19.2 Å². The molecule has 0 radical (unpaired) electrons. The number of carbonyl (C=O) groups excluding carboxylic acids is 4. The van der Waals surface area contributed by atoms with E-state index in [2.05, 4.69) is 5.32 Å². The molecule has 174 valence electrons. The Morgan fingerprint density at radius 1 is 1.06 bits per heavy atom. The van der Waals surface area contributed by atoms with Gasteiger partial charge >= 0.3 is 17.9 Å². The number of furan rings is 1. The largest absolute Gasteiger partial charge is 0.497 e. The van der Waals surface area contributed by atoms with Gasteiger partial charge < -0.3 is 28.7 Å². The summed E-state index contributed by atoms with van der Waals surface area (Å²) in [6.07, 6.45) is 1.33. The second-order valence-corrected chi connectivity index (χ2v) is 7.77. The Kier molecular flexibility index (Phi) is 7.34. The number of anilines is 1. The Morgan fingerprint density at radius 3 is 2.45 bits per heavy atom. The van der Waals surface area contributed by atoms with Crippen LogP contribution in [0.15, 0.2) is 28.9 Å². The first-order valence-corrected chi connectivity index (χ1v) is 10.4. The molecule has 2 heterocycles. The average Bonchev–Trinajstić information content (AvgIpc) is 3.36. The summed E-state index contributed by atoms with van der Waals surface area (Å²) in [6, 6.07) is 5.20. The number of thiophene rings is 1. The van der Waals surface area contributed by atoms with E-state index >= 15 is 0 Å². The fourth-order valence-corrected chi connectivity index (χ4v) is 4.21. The van der Waals surface area contributed by atoms with Gasteiger partial charge in [-0.1, -0.05) is 0 Å². The van der Waals surface area contributed by atoms with E-state index in [-0.39, 0.29) is 21.9 Å². The van der Waals surface area contributed by atoms with Crippen molar-refractivity contribution in [2.24, 2.45) is 0 Å². The van der Waals surface area contributed by atoms with E-state index in [1.165, 1.54) is 34.5 Å². The smallest absolute Gasteiger partial charge is 0.348 e. The average molecular weight is 475 g/mol. The van der Waals surface area contributed by atoms with E-state index in [0.29, 0.717) is 22.5 Å². The van der Waals surface area contributed by atoms with Gasteiger partial charge in [0, 0.05) is 17.0 Å². The summed E-state index contributed by atoms with van der Waals surface area (Å²) in [7, 11) is 3.92. The van der Waals surface area contributed by atoms with E-state index in [0.717, 1.165) is 16.7 Å². The normalized spacial score (nSPS) is 10.5. The highest BCUT2D eigenvalue weighted by atomic mass is 32.1. The van der Waals surface area contributed by atoms with Gasteiger partial charge in [0.25, 0.3) is 5.91 Å². The fourth-order valence-electron chi connectivity index (χ4n) is 3.08. The van der Waals surface area contributed by atoms with Gasteiger partial charge in [0.2, 0.25) is 0 Å². The molecule has 11 heteroatoms. The van der Waals surface area contributed by atoms with Gasteiger partial charge in [-0.25, -0.2) is 9.59 Å². The summed E-state index contributed by atoms with van der Waals surface area (Å²) in [5.41, 5.74) is 1.50. The maximum atomic E-state index is 12.3. The minimum atomic E-state index is -0.727. The van der Waals surface area contributed by atoms with Crippen LogP contribution in [0.3, 0.4) is 0 Å². The van der Waals surface area contributed by atoms with Crippen LogP contribution in [-0.2, 0) is 30.2 Å². The number of esters is 3. The Balaban J connectivity index is 1.65. The second kappa shape index (κ2) is 10.2. The number of hydrogen-bond donors (Lipinski definition) is 1. The first kappa shape index (κ1) is 23.8. The van der Waals surface area contributed by atoms with Crippen LogP contribution in [-0.4, -0.2) is 51.8 Å². The van der Waals surface area contributed by atoms with Crippen LogP contribution >= 0.6 is 11.3 Å². The third-order valence-corrected chi connectivity index (χ3v) is 5.91. The van der Waals surface area contributed by atoms with E-state index in [4.69, 9.17) is 23.4 Å². The quantitative estimate of drug-likeness (QED) is 0.386. The van der Waals surface area contributed by atoms with Crippen molar-refractivity contribution in [2.45, 2.75) is 13.3 Å². The summed E-state index contributed by atoms with van der Waals surface area (Å²) >= 11 is 0.863. The minimum Gasteiger partial charge on any atom is -0.497 e. The molecule has 2 aromatic heterocycles. The highest BCUT2D eigenvalue weighted by Gasteiger charge is 2.27. The molecule has 0 spiro atoms. The van der Waals surface area contributed by atoms with Crippen molar-refractivity contribution in [2.75, 3.05) is 33.3 Å². The molecule has 33 heavy (non-hydrogen) atoms. The lowest BCUT2D eigenvalue weighted by atomic mass is 10.1. The third-order valence-electron chi connectivity index (χ3n) is 4.72. The lowest BCUT2D eigenvalue weighted by Crippen LogP contribution is -2.22. The lowest BCUT2D eigenvalue weighted by molar-refractivity contribution is -0.146. The molecule has 0 bridgehead atoms. The van der Waals surface area contributed by atoms with Crippen molar-refractivity contribution in [3.05, 3.63) is 46.0 Å². The number of nitrogens with one attached hydrogen (secondary N) is 1. The Morgan fingerprint density at radius 2 is 1.79 bits per heavy atom. The Bertz CT molecular complexity index is 1220. The number of ether oxygens (including phenoxy) is 4. The number of hydrogen-bond acceptors (Lipinski definition) is 10. The van der Waals surface area contributed by atoms with Gasteiger partial charge in [-0.2, -0.15) is 0 Å². The zero-order chi connectivity index (χ0) is 24.1. The van der Waals surface area contributed by atoms with Crippen molar-refractivity contribution in [1.29, 1.82) is 0 Å². The van der Waals surface area contributed by atoms with Gasteiger partial charge in [0.15, 0.2) is 6.61 Å². The van der Waals surface area contributed by atoms with Crippen LogP contribution in [0.25, 0.3) is 11.0 Å². The molecule has 0 fully saturated rings. The first-order valence-electron chi connectivity index (χ1n) is 9.58. The maximum absolute atomic E-state index is 12.3. The number of benzene rings is 1. The molecule has 0 atom stereocenters. The molecule has 1 amide bonds. The van der Waals surface area contributed by atoms with Gasteiger partial charge in [-0.05, 0) is 24.6 Å². The summed E-state index contributed by atoms with van der Waals surface area (Å²) in [5.74, 6) is -2.09. The summed E-state index contributed by atoms with van der Waals surface area (Å²) in [5, 5.41) is 3.30. The molecule has 1 N–H and O–H groups in total. The summed E-state index contributed by atoms with van der Waals surface area (Å²) < 4.78 is 25.1. The molecule has 0 aliphatic rings. The molecule has 0 saturated heterocycles. The minimum absolute atomic E-state index is 0.0304. The van der Waals surface area contributed by atoms with Crippen LogP contribution < -0.4 is 10.1 Å². The monoisotopic (exact) mass is 475 g/mol. The van der Waals surface area contributed by atoms with E-state index in [1.54, 1.807) is 18.2 Å². The summed E-state index contributed by atoms with van der Waals surface area (Å²) in [4.78, 5) is 48.8. The molecule has 3 aromatic rings. The summed E-state index contributed by atoms with van der Waals surface area (Å²) in [6.45, 7) is 0.947. The highest BCUT2D eigenvalue weighted by Crippen LogP contribution is 2.34. The van der Waals surface area contributed by atoms with E-state index in [1.807, 2.05) is 0 Å². The Hall–Kier alpha value is -3.86. The van der Waals surface area contributed by atoms with Gasteiger partial charge in [-0.3, -0.25) is 9.59 Å². The van der Waals surface area contributed by atoms with Gasteiger partial charge in [0.1, 0.15) is 21.2 Å². The molecule has 3 rings (SSSR count). The van der Waals surface area contributed by atoms with Crippen LogP contribution in [0.4, 0.5) is 5.00 Å². The molecule has 0 unspecified atom stereocenters. The number of rotatable bonds is 8. The van der Waals surface area contributed by atoms with Crippen molar-refractivity contribution in [3.63, 3.8) is 0 Å². The third kappa shape index (κ3) is 5.14. The number of methoxy groups -OCH3 is 3. The molecule has 0 aliphatic carbocycles. The standard InChI is InChI=1S/C22H21NO9S/c1-11-18(21(26)29-3)20(33-19(11)22(27)30-4)23-16(24)10-32-17(25)7-12-9-31-15-8-13(28-2)5-6-14(12)15/h5-6,8-9H,7,10H2,1-4H3,(H,23,24). The molecule has 0 saturated carbocycles. The van der Waals surface area contributed by atoms with Gasteiger partial charge in [0.05, 0.1) is 39.6 Å². The van der Waals surface area contributed by atoms with Crippen molar-refractivity contribution in [1.82, 2.24) is 0 Å². The van der Waals surface area contributed by atoms with Crippen molar-refractivity contribution in [3.8, 4) is 5.75 Å². The topological polar surface area (TPSA) is 130 Å². The molecular weight excluding hydrogens is 454 g/mol. The number of amides is 1. The SMILES string of the molecule is COC(=O)c1sc(NC(=O)COC(=O)Cc2coc3cc(OC)ccc23)c(C(=O)OC)c1C. The van der Waals surface area contributed by atoms with Crippen LogP contribution in [0.1, 0.15) is 31.2 Å². The first-order chi connectivity index (χ1) is 15.8. The zero-order valence-electron chi connectivity index (χ0n) is 18.3. The van der Waals surface area contributed by atoms with E-state index < -0.39 is 30.4 Å². The second-order valence-electron chi connectivity index (χ2n) is 6.75. The van der Waals surface area contributed by atoms with Crippen molar-refractivity contribution < 1.29 is 42.5 Å².